The third-order valence-electron chi connectivity index (χ3n) is 10.7. The van der Waals surface area contributed by atoms with Gasteiger partial charge < -0.3 is 4.42 Å². The maximum Gasteiger partial charge on any atom is 0.164 e. The van der Waals surface area contributed by atoms with Crippen LogP contribution in [0.2, 0.25) is 0 Å². The molecule has 9 aromatic carbocycles. The fraction of sp³-hybridized carbons (Fsp3) is 0.0377. The average Bonchev–Trinajstić information content (AvgIpc) is 3.71. The number of rotatable bonds is 5. The molecular weight excluding hydrogens is 695 g/mol. The lowest BCUT2D eigenvalue weighted by atomic mass is 9.93. The van der Waals surface area contributed by atoms with Crippen molar-refractivity contribution in [2.45, 2.75) is 13.8 Å². The molecule has 0 bridgehead atoms. The minimum atomic E-state index is -0.343. The van der Waals surface area contributed by atoms with Gasteiger partial charge in [-0.05, 0) is 105 Å². The van der Waals surface area contributed by atoms with Crippen LogP contribution in [0.4, 0.5) is 0 Å². The molecule has 0 aliphatic carbocycles. The van der Waals surface area contributed by atoms with E-state index in [2.05, 4.69) is 48.5 Å². The number of hydrogen-bond donors (Lipinski definition) is 0. The summed E-state index contributed by atoms with van der Waals surface area (Å²) in [5.74, 6) is 0.692. The highest BCUT2D eigenvalue weighted by molar-refractivity contribution is 6.25. The molecule has 0 radical (unpaired) electrons. The van der Waals surface area contributed by atoms with Gasteiger partial charge in [0, 0.05) is 27.5 Å². The molecule has 57 heavy (non-hydrogen) atoms. The zero-order valence-corrected chi connectivity index (χ0v) is 31.0. The molecule has 0 spiro atoms. The predicted molar refractivity (Wildman–Crippen MR) is 236 cm³/mol. The maximum atomic E-state index is 9.66. The largest absolute Gasteiger partial charge is 0.456 e. The van der Waals surface area contributed by atoms with E-state index in [-0.39, 0.29) is 69.6 Å². The Labute approximate surface area is 338 Å². The first-order valence-electron chi connectivity index (χ1n) is 21.9. The third kappa shape index (κ3) is 5.65. The molecule has 0 fully saturated rings. The standard InChI is InChI=1S/C53H35N3O/c1-32-27-33(2)29-39(28-32)53-55-51(37-23-25-45-43-15-7-6-13-41(43)42-14-8-9-16-44(42)47(45)30-37)54-52(56-53)38-24-26-46-49(31-38)57-48-18-10-17-40(50(46)48)36-21-19-35(20-22-36)34-11-4-3-5-12-34/h3-31H,1-2H3/i10D,17D,18D,24D,26D,31D. The Morgan fingerprint density at radius 1 is 0.404 bits per heavy atom. The number of fused-ring (bicyclic) bond motifs is 9. The smallest absolute Gasteiger partial charge is 0.164 e. The van der Waals surface area contributed by atoms with Crippen LogP contribution in [0.25, 0.3) is 111 Å². The Morgan fingerprint density at radius 2 is 0.947 bits per heavy atom. The van der Waals surface area contributed by atoms with Crippen LogP contribution in [0.15, 0.2) is 180 Å². The first kappa shape index (κ1) is 27.2. The number of hydrogen-bond acceptors (Lipinski definition) is 4. The van der Waals surface area contributed by atoms with Gasteiger partial charge in [0.1, 0.15) is 11.2 Å². The summed E-state index contributed by atoms with van der Waals surface area (Å²) in [5.41, 5.74) is 6.19. The van der Waals surface area contributed by atoms with E-state index in [0.717, 1.165) is 60.1 Å². The lowest BCUT2D eigenvalue weighted by Gasteiger charge is -2.13. The Hall–Kier alpha value is -7.43. The molecule has 11 aromatic rings. The van der Waals surface area contributed by atoms with E-state index in [1.165, 1.54) is 0 Å². The third-order valence-corrected chi connectivity index (χ3v) is 10.7. The van der Waals surface area contributed by atoms with Crippen molar-refractivity contribution in [2.75, 3.05) is 0 Å². The quantitative estimate of drug-likeness (QED) is 0.165. The Bertz CT molecular complexity index is 3660. The molecule has 11 rings (SSSR count). The lowest BCUT2D eigenvalue weighted by molar-refractivity contribution is 0.669. The second-order valence-corrected chi connectivity index (χ2v) is 14.5. The SMILES string of the molecule is [2H]c1c([2H])c(-c2ccc(-c3ccccc3)cc2)c2c(oc3c([2H])c(-c4nc(-c5cc(C)cc(C)c5)nc(-c5ccc6c7ccccc7c7ccccc7c6c5)n4)c([2H])c([2H])c32)c1[2H]. The molecule has 0 aliphatic rings. The lowest BCUT2D eigenvalue weighted by Crippen LogP contribution is -2.00. The molecule has 0 aliphatic heterocycles. The summed E-state index contributed by atoms with van der Waals surface area (Å²) < 4.78 is 61.8. The molecule has 4 heteroatoms. The monoisotopic (exact) mass is 735 g/mol. The van der Waals surface area contributed by atoms with E-state index < -0.39 is 0 Å². The molecule has 2 aromatic heterocycles. The number of nitrogens with zero attached hydrogens (tertiary/aromatic N) is 3. The van der Waals surface area contributed by atoms with Crippen molar-refractivity contribution in [3.8, 4) is 56.4 Å². The van der Waals surface area contributed by atoms with Gasteiger partial charge in [0.25, 0.3) is 0 Å². The van der Waals surface area contributed by atoms with Crippen LogP contribution in [0.5, 0.6) is 0 Å². The van der Waals surface area contributed by atoms with Gasteiger partial charge in [-0.3, -0.25) is 0 Å². The second kappa shape index (κ2) is 13.1. The predicted octanol–water partition coefficient (Wildman–Crippen LogP) is 14.2. The van der Waals surface area contributed by atoms with Crippen LogP contribution in [0, 0.1) is 13.8 Å². The van der Waals surface area contributed by atoms with Gasteiger partial charge >= 0.3 is 0 Å². The first-order chi connectivity index (χ1) is 30.5. The second-order valence-electron chi connectivity index (χ2n) is 14.5. The highest BCUT2D eigenvalue weighted by atomic mass is 16.3. The molecule has 0 saturated carbocycles. The van der Waals surface area contributed by atoms with E-state index in [4.69, 9.17) is 23.5 Å². The number of furan rings is 1. The summed E-state index contributed by atoms with van der Waals surface area (Å²) in [4.78, 5) is 14.9. The van der Waals surface area contributed by atoms with Gasteiger partial charge in [0.2, 0.25) is 0 Å². The van der Waals surface area contributed by atoms with Crippen LogP contribution >= 0.6 is 0 Å². The summed E-state index contributed by atoms with van der Waals surface area (Å²) in [6, 6.07) is 44.6. The summed E-state index contributed by atoms with van der Waals surface area (Å²) in [6.07, 6.45) is 0. The highest BCUT2D eigenvalue weighted by Gasteiger charge is 2.18. The molecule has 0 N–H and O–H groups in total. The topological polar surface area (TPSA) is 51.8 Å². The molecule has 4 nitrogen and oxygen atoms in total. The van der Waals surface area contributed by atoms with E-state index in [9.17, 15) is 4.11 Å². The van der Waals surface area contributed by atoms with Crippen molar-refractivity contribution < 1.29 is 12.6 Å². The van der Waals surface area contributed by atoms with Crippen molar-refractivity contribution in [2.24, 2.45) is 0 Å². The van der Waals surface area contributed by atoms with E-state index in [1.54, 1.807) is 0 Å². The van der Waals surface area contributed by atoms with Gasteiger partial charge in [0.05, 0.1) is 8.22 Å². The Morgan fingerprint density at radius 3 is 1.63 bits per heavy atom. The van der Waals surface area contributed by atoms with Crippen molar-refractivity contribution in [3.05, 3.63) is 187 Å². The molecule has 0 amide bonds. The van der Waals surface area contributed by atoms with Crippen LogP contribution in [0.1, 0.15) is 19.4 Å². The zero-order chi connectivity index (χ0) is 43.3. The first-order valence-corrected chi connectivity index (χ1v) is 18.9. The summed E-state index contributed by atoms with van der Waals surface area (Å²) >= 11 is 0. The van der Waals surface area contributed by atoms with Crippen LogP contribution < -0.4 is 0 Å². The van der Waals surface area contributed by atoms with Gasteiger partial charge in [-0.25, -0.2) is 15.0 Å². The fourth-order valence-corrected chi connectivity index (χ4v) is 8.13. The molecule has 0 saturated heterocycles. The summed E-state index contributed by atoms with van der Waals surface area (Å²) in [5, 5.41) is 6.96. The Kier molecular flexibility index (Phi) is 6.25. The van der Waals surface area contributed by atoms with Gasteiger partial charge in [0.15, 0.2) is 17.5 Å². The van der Waals surface area contributed by atoms with E-state index in [0.29, 0.717) is 28.3 Å². The minimum absolute atomic E-state index is 0.0219. The number of aryl methyl sites for hydroxylation is 2. The van der Waals surface area contributed by atoms with Crippen LogP contribution in [-0.2, 0) is 0 Å². The van der Waals surface area contributed by atoms with E-state index >= 15 is 0 Å². The normalized spacial score (nSPS) is 13.2. The minimum Gasteiger partial charge on any atom is -0.456 e. The van der Waals surface area contributed by atoms with E-state index in [1.807, 2.05) is 105 Å². The maximum absolute atomic E-state index is 9.66. The molecule has 268 valence electrons. The van der Waals surface area contributed by atoms with Crippen molar-refractivity contribution in [1.82, 2.24) is 15.0 Å². The number of aromatic nitrogens is 3. The van der Waals surface area contributed by atoms with Crippen molar-refractivity contribution in [3.63, 3.8) is 0 Å². The number of benzene rings is 9. The van der Waals surface area contributed by atoms with Gasteiger partial charge in [-0.15, -0.1) is 0 Å². The summed E-state index contributed by atoms with van der Waals surface area (Å²) in [6.45, 7) is 4.00. The highest BCUT2D eigenvalue weighted by Crippen LogP contribution is 2.40. The molecule has 0 unspecified atom stereocenters. The van der Waals surface area contributed by atoms with Crippen LogP contribution in [0.3, 0.4) is 0 Å². The van der Waals surface area contributed by atoms with Gasteiger partial charge in [-0.2, -0.15) is 0 Å². The van der Waals surface area contributed by atoms with Crippen molar-refractivity contribution in [1.29, 1.82) is 0 Å². The molecule has 2 heterocycles. The average molecular weight is 736 g/mol. The zero-order valence-electron chi connectivity index (χ0n) is 37.0. The van der Waals surface area contributed by atoms with Gasteiger partial charge in [-0.1, -0.05) is 151 Å². The Balaban J connectivity index is 1.15. The molecule has 0 atom stereocenters. The van der Waals surface area contributed by atoms with Crippen molar-refractivity contribution >= 4 is 54.3 Å². The summed E-state index contributed by atoms with van der Waals surface area (Å²) in [7, 11) is 0. The van der Waals surface area contributed by atoms with Crippen LogP contribution in [-0.4, -0.2) is 15.0 Å². The molecular formula is C53H35N3O. The fourth-order valence-electron chi connectivity index (χ4n) is 8.13.